The van der Waals surface area contributed by atoms with Crippen molar-refractivity contribution in [1.82, 2.24) is 15.1 Å². The van der Waals surface area contributed by atoms with Crippen LogP contribution in [0.5, 0.6) is 0 Å². The second kappa shape index (κ2) is 31.7. The molecule has 14 heteroatoms. The van der Waals surface area contributed by atoms with E-state index in [0.29, 0.717) is 45.2 Å². The molecule has 0 aromatic carbocycles. The van der Waals surface area contributed by atoms with Gasteiger partial charge in [-0.15, -0.1) is 0 Å². The molecule has 14 nitrogen and oxygen atoms in total. The molecular formula is C45H82N4O10. The molecule has 0 unspecified atom stereocenters. The third-order valence-electron chi connectivity index (χ3n) is 9.99. The van der Waals surface area contributed by atoms with Crippen molar-refractivity contribution >= 4 is 35.6 Å². The summed E-state index contributed by atoms with van der Waals surface area (Å²) in [5.41, 5.74) is 5.83. The topological polar surface area (TPSA) is 184 Å². The Kier molecular flexibility index (Phi) is 29.0. The Morgan fingerprint density at radius 2 is 0.966 bits per heavy atom. The molecule has 1 rings (SSSR count). The third kappa shape index (κ3) is 26.7. The minimum absolute atomic E-state index is 0.0274. The molecule has 0 radical (unpaired) electrons. The molecule has 0 saturated heterocycles. The van der Waals surface area contributed by atoms with Gasteiger partial charge in [-0.05, 0) is 81.7 Å². The molecule has 0 aromatic heterocycles. The number of nitrogens with one attached hydrogen (secondary N) is 1. The number of hydrogen-bond acceptors (Lipinski definition) is 13. The van der Waals surface area contributed by atoms with E-state index in [-0.39, 0.29) is 94.4 Å². The van der Waals surface area contributed by atoms with Crippen LogP contribution in [0.25, 0.3) is 0 Å². The Morgan fingerprint density at radius 1 is 0.559 bits per heavy atom. The van der Waals surface area contributed by atoms with Gasteiger partial charge in [0.05, 0.1) is 64.7 Å². The molecule has 3 N–H and O–H groups in total. The molecule has 0 aliphatic heterocycles. The minimum atomic E-state index is -1.00. The second-order valence-electron chi connectivity index (χ2n) is 18.1. The van der Waals surface area contributed by atoms with Gasteiger partial charge in [0.1, 0.15) is 0 Å². The maximum absolute atomic E-state index is 14.6. The van der Waals surface area contributed by atoms with Crippen molar-refractivity contribution in [3.8, 4) is 0 Å². The lowest BCUT2D eigenvalue weighted by Crippen LogP contribution is -2.54. The molecule has 0 spiro atoms. The van der Waals surface area contributed by atoms with Gasteiger partial charge in [0.15, 0.2) is 5.78 Å². The normalized spacial score (nSPS) is 15.2. The van der Waals surface area contributed by atoms with Gasteiger partial charge in [0, 0.05) is 5.92 Å². The van der Waals surface area contributed by atoms with E-state index in [9.17, 15) is 28.8 Å². The lowest BCUT2D eigenvalue weighted by Gasteiger charge is -2.32. The van der Waals surface area contributed by atoms with E-state index < -0.39 is 41.9 Å². The Hall–Kier alpha value is -3.10. The van der Waals surface area contributed by atoms with Crippen molar-refractivity contribution in [3.63, 3.8) is 0 Å². The first-order chi connectivity index (χ1) is 28.0. The first kappa shape index (κ1) is 53.9. The van der Waals surface area contributed by atoms with Gasteiger partial charge in [-0.1, -0.05) is 100 Å². The van der Waals surface area contributed by atoms with Gasteiger partial charge in [-0.3, -0.25) is 38.6 Å². The number of carbonyl (C=O) groups excluding carboxylic acids is 6. The molecular weight excluding hydrogens is 757 g/mol. The number of Topliss-reactive ketones (excluding diaryl/α,β-unsaturated/α-hetero) is 1. The fourth-order valence-electron chi connectivity index (χ4n) is 6.81. The van der Waals surface area contributed by atoms with Gasteiger partial charge in [0.25, 0.3) is 0 Å². The molecule has 1 fully saturated rings. The number of nitrogens with two attached hydrogens (primary N) is 1. The lowest BCUT2D eigenvalue weighted by atomic mass is 9.87. The summed E-state index contributed by atoms with van der Waals surface area (Å²) in [6.07, 6.45) is 10.9. The maximum Gasteiger partial charge on any atom is 0.320 e. The zero-order valence-corrected chi connectivity index (χ0v) is 38.1. The highest BCUT2D eigenvalue weighted by Crippen LogP contribution is 2.25. The van der Waals surface area contributed by atoms with Crippen LogP contribution in [0.1, 0.15) is 145 Å². The molecule has 1 amide bonds. The number of carbonyl (C=O) groups is 6. The molecule has 59 heavy (non-hydrogen) atoms. The van der Waals surface area contributed by atoms with E-state index in [0.717, 1.165) is 51.4 Å². The first-order valence-corrected chi connectivity index (χ1v) is 22.6. The minimum Gasteiger partial charge on any atom is -0.464 e. The van der Waals surface area contributed by atoms with Crippen LogP contribution in [0.3, 0.4) is 0 Å². The molecule has 0 bridgehead atoms. The summed E-state index contributed by atoms with van der Waals surface area (Å²) in [5, 5.41) is 3.09. The number of hydrogen-bond donors (Lipinski definition) is 2. The highest BCUT2D eigenvalue weighted by Gasteiger charge is 2.34. The predicted octanol–water partition coefficient (Wildman–Crippen LogP) is 5.86. The Morgan fingerprint density at radius 3 is 1.39 bits per heavy atom. The molecule has 342 valence electrons. The summed E-state index contributed by atoms with van der Waals surface area (Å²) < 4.78 is 21.8. The number of rotatable bonds is 30. The average Bonchev–Trinajstić information content (AvgIpc) is 3.31. The zero-order chi connectivity index (χ0) is 44.2. The second-order valence-corrected chi connectivity index (χ2v) is 18.1. The summed E-state index contributed by atoms with van der Waals surface area (Å²) in [6, 6.07) is -1.74. The summed E-state index contributed by atoms with van der Waals surface area (Å²) in [6.45, 7) is 16.2. The summed E-state index contributed by atoms with van der Waals surface area (Å²) >= 11 is 0. The van der Waals surface area contributed by atoms with Gasteiger partial charge in [-0.2, -0.15) is 0 Å². The predicted molar refractivity (Wildman–Crippen MR) is 229 cm³/mol. The van der Waals surface area contributed by atoms with Gasteiger partial charge >= 0.3 is 23.9 Å². The van der Waals surface area contributed by atoms with E-state index in [2.05, 4.69) is 5.32 Å². The fraction of sp³-hybridized carbons (Fsp3) is 0.867. The SMILES string of the molecule is CC(C)COC(=O)CN(CCCC[C@@H](C(=O)N[C@@H](CCCCN)C(=O)C1CCCCCCCC1)N(CC(=O)OCC(C)C)CC(=O)OCC(C)C)CC(=O)OCC(C)C. The average molecular weight is 839 g/mol. The van der Waals surface area contributed by atoms with Crippen molar-refractivity contribution < 1.29 is 47.7 Å². The van der Waals surface area contributed by atoms with Gasteiger partial charge < -0.3 is 30.0 Å². The van der Waals surface area contributed by atoms with Crippen molar-refractivity contribution in [3.05, 3.63) is 0 Å². The molecule has 1 saturated carbocycles. The van der Waals surface area contributed by atoms with E-state index >= 15 is 0 Å². The number of ketones is 1. The standard InChI is InChI=1S/C45H82N4O10/c1-33(2)29-56-40(50)25-48(26-41(51)57-30-34(3)4)24-18-16-22-39(49(27-42(52)58-31-35(5)6)28-43(53)59-32-36(7)8)45(55)47-38(21-15-17-23-46)44(54)37-19-13-11-9-10-12-14-20-37/h33-39H,9-32,46H2,1-8H3,(H,47,55)/t38-,39-/m0/s1. The monoisotopic (exact) mass is 839 g/mol. The smallest absolute Gasteiger partial charge is 0.320 e. The van der Waals surface area contributed by atoms with Crippen LogP contribution in [0.2, 0.25) is 0 Å². The summed E-state index contributed by atoms with van der Waals surface area (Å²) in [5.74, 6) is -2.21. The lowest BCUT2D eigenvalue weighted by molar-refractivity contribution is -0.153. The number of ether oxygens (including phenoxy) is 4. The Labute approximate surface area is 356 Å². The van der Waals surface area contributed by atoms with Gasteiger partial charge in [-0.25, -0.2) is 0 Å². The first-order valence-electron chi connectivity index (χ1n) is 22.6. The van der Waals surface area contributed by atoms with Crippen molar-refractivity contribution in [1.29, 1.82) is 0 Å². The van der Waals surface area contributed by atoms with Crippen LogP contribution in [0.4, 0.5) is 0 Å². The maximum atomic E-state index is 14.6. The number of nitrogens with zero attached hydrogens (tertiary/aromatic N) is 2. The highest BCUT2D eigenvalue weighted by atomic mass is 16.5. The fourth-order valence-corrected chi connectivity index (χ4v) is 6.81. The van der Waals surface area contributed by atoms with E-state index in [1.54, 1.807) is 4.90 Å². The largest absolute Gasteiger partial charge is 0.464 e. The van der Waals surface area contributed by atoms with Crippen LogP contribution in [0.15, 0.2) is 0 Å². The molecule has 1 aliphatic carbocycles. The highest BCUT2D eigenvalue weighted by molar-refractivity contribution is 5.92. The number of esters is 4. The number of amides is 1. The molecule has 0 aromatic rings. The van der Waals surface area contributed by atoms with Crippen LogP contribution in [-0.4, -0.2) is 123 Å². The summed E-state index contributed by atoms with van der Waals surface area (Å²) in [7, 11) is 0. The van der Waals surface area contributed by atoms with Crippen LogP contribution >= 0.6 is 0 Å². The van der Waals surface area contributed by atoms with Crippen LogP contribution in [-0.2, 0) is 47.7 Å². The van der Waals surface area contributed by atoms with E-state index in [1.807, 2.05) is 55.4 Å². The van der Waals surface area contributed by atoms with Crippen molar-refractivity contribution in [2.45, 2.75) is 157 Å². The van der Waals surface area contributed by atoms with Crippen molar-refractivity contribution in [2.75, 3.05) is 65.7 Å². The van der Waals surface area contributed by atoms with Gasteiger partial charge in [0.2, 0.25) is 5.91 Å². The van der Waals surface area contributed by atoms with Crippen molar-refractivity contribution in [2.24, 2.45) is 35.3 Å². The quantitative estimate of drug-likeness (QED) is 0.0499. The zero-order valence-electron chi connectivity index (χ0n) is 38.1. The van der Waals surface area contributed by atoms with E-state index in [4.69, 9.17) is 24.7 Å². The summed E-state index contributed by atoms with van der Waals surface area (Å²) in [4.78, 5) is 84.0. The van der Waals surface area contributed by atoms with Crippen LogP contribution in [0, 0.1) is 29.6 Å². The third-order valence-corrected chi connectivity index (χ3v) is 9.99. The molecule has 2 atom stereocenters. The molecule has 1 aliphatic rings. The Bertz CT molecular complexity index is 1170. The molecule has 0 heterocycles. The van der Waals surface area contributed by atoms with Crippen LogP contribution < -0.4 is 11.1 Å². The number of unbranched alkanes of at least 4 members (excludes halogenated alkanes) is 2. The Balaban J connectivity index is 3.45. The van der Waals surface area contributed by atoms with E-state index in [1.165, 1.54) is 4.90 Å².